The SMILES string of the molecule is CCCc1cc(C2CC2)cn2cc(Cn3cc(C(=O)O)cn3)nc12. The zero-order chi connectivity index (χ0) is 16.7. The Labute approximate surface area is 139 Å². The van der Waals surface area contributed by atoms with Crippen LogP contribution in [0, 0.1) is 0 Å². The molecule has 0 aliphatic heterocycles. The number of carboxylic acid groups (broad SMARTS) is 1. The summed E-state index contributed by atoms with van der Waals surface area (Å²) in [6, 6.07) is 2.31. The van der Waals surface area contributed by atoms with Crippen molar-refractivity contribution < 1.29 is 9.90 Å². The largest absolute Gasteiger partial charge is 0.478 e. The first-order valence-electron chi connectivity index (χ1n) is 8.40. The Kier molecular flexibility index (Phi) is 3.59. The van der Waals surface area contributed by atoms with E-state index >= 15 is 0 Å². The fourth-order valence-electron chi connectivity index (χ4n) is 3.14. The van der Waals surface area contributed by atoms with Crippen LogP contribution in [0.25, 0.3) is 5.65 Å². The highest BCUT2D eigenvalue weighted by molar-refractivity contribution is 5.86. The summed E-state index contributed by atoms with van der Waals surface area (Å²) in [5.74, 6) is -0.254. The fourth-order valence-corrected chi connectivity index (χ4v) is 3.14. The molecular weight excluding hydrogens is 304 g/mol. The highest BCUT2D eigenvalue weighted by Gasteiger charge is 2.25. The third-order valence-electron chi connectivity index (χ3n) is 4.47. The summed E-state index contributed by atoms with van der Waals surface area (Å²) in [7, 11) is 0. The summed E-state index contributed by atoms with van der Waals surface area (Å²) in [5.41, 5.74) is 4.78. The Balaban J connectivity index is 1.68. The first-order valence-corrected chi connectivity index (χ1v) is 8.40. The summed E-state index contributed by atoms with van der Waals surface area (Å²) < 4.78 is 3.74. The van der Waals surface area contributed by atoms with Gasteiger partial charge in [-0.3, -0.25) is 4.68 Å². The molecule has 3 aromatic rings. The standard InChI is InChI=1S/C18H20N4O2/c1-2-3-13-6-14(12-4-5-12)8-21-10-16(20-17(13)21)11-22-9-15(7-19-22)18(23)24/h6-10,12H,2-5,11H2,1H3,(H,23,24). The van der Waals surface area contributed by atoms with Gasteiger partial charge in [-0.25, -0.2) is 9.78 Å². The van der Waals surface area contributed by atoms with E-state index in [2.05, 4.69) is 28.7 Å². The second kappa shape index (κ2) is 5.78. The second-order valence-corrected chi connectivity index (χ2v) is 6.52. The van der Waals surface area contributed by atoms with Crippen molar-refractivity contribution in [3.8, 4) is 0 Å². The molecule has 0 saturated heterocycles. The molecule has 0 atom stereocenters. The summed E-state index contributed by atoms with van der Waals surface area (Å²) in [6.07, 6.45) is 11.8. The Hall–Kier alpha value is -2.63. The molecule has 0 bridgehead atoms. The molecule has 6 nitrogen and oxygen atoms in total. The molecule has 24 heavy (non-hydrogen) atoms. The summed E-state index contributed by atoms with van der Waals surface area (Å²) in [4.78, 5) is 15.7. The van der Waals surface area contributed by atoms with Crippen molar-refractivity contribution in [1.82, 2.24) is 19.2 Å². The molecule has 0 aromatic carbocycles. The number of imidazole rings is 1. The number of hydrogen-bond acceptors (Lipinski definition) is 3. The Morgan fingerprint density at radius 1 is 1.33 bits per heavy atom. The lowest BCUT2D eigenvalue weighted by molar-refractivity contribution is 0.0697. The van der Waals surface area contributed by atoms with E-state index in [1.54, 1.807) is 4.68 Å². The van der Waals surface area contributed by atoms with Gasteiger partial charge in [0.05, 0.1) is 24.0 Å². The molecular formula is C18H20N4O2. The third-order valence-corrected chi connectivity index (χ3v) is 4.47. The van der Waals surface area contributed by atoms with Crippen LogP contribution in [0.4, 0.5) is 0 Å². The molecule has 1 aliphatic carbocycles. The van der Waals surface area contributed by atoms with Crippen molar-refractivity contribution in [2.45, 2.75) is 45.1 Å². The van der Waals surface area contributed by atoms with Gasteiger partial charge in [0.15, 0.2) is 0 Å². The lowest BCUT2D eigenvalue weighted by atomic mass is 10.1. The van der Waals surface area contributed by atoms with Crippen molar-refractivity contribution in [3.63, 3.8) is 0 Å². The number of aromatic carboxylic acids is 1. The number of fused-ring (bicyclic) bond motifs is 1. The van der Waals surface area contributed by atoms with Gasteiger partial charge in [0, 0.05) is 18.6 Å². The van der Waals surface area contributed by atoms with Crippen molar-refractivity contribution >= 4 is 11.6 Å². The van der Waals surface area contributed by atoms with Crippen LogP contribution in [0.15, 0.2) is 30.9 Å². The van der Waals surface area contributed by atoms with Crippen LogP contribution in [0.3, 0.4) is 0 Å². The van der Waals surface area contributed by atoms with Crippen molar-refractivity contribution in [3.05, 3.63) is 53.2 Å². The molecule has 1 aliphatic rings. The van der Waals surface area contributed by atoms with Crippen LogP contribution in [0.5, 0.6) is 0 Å². The van der Waals surface area contributed by atoms with Gasteiger partial charge in [0.25, 0.3) is 0 Å². The van der Waals surface area contributed by atoms with Gasteiger partial charge in [-0.1, -0.05) is 19.4 Å². The van der Waals surface area contributed by atoms with Crippen LogP contribution >= 0.6 is 0 Å². The van der Waals surface area contributed by atoms with Crippen LogP contribution in [0.2, 0.25) is 0 Å². The van der Waals surface area contributed by atoms with E-state index in [-0.39, 0.29) is 5.56 Å². The molecule has 124 valence electrons. The molecule has 0 amide bonds. The van der Waals surface area contributed by atoms with E-state index in [4.69, 9.17) is 10.1 Å². The van der Waals surface area contributed by atoms with Crippen LogP contribution in [-0.2, 0) is 13.0 Å². The monoisotopic (exact) mass is 324 g/mol. The van der Waals surface area contributed by atoms with Crippen molar-refractivity contribution in [2.75, 3.05) is 0 Å². The zero-order valence-corrected chi connectivity index (χ0v) is 13.6. The molecule has 3 heterocycles. The first-order chi connectivity index (χ1) is 11.6. The molecule has 1 saturated carbocycles. The van der Waals surface area contributed by atoms with E-state index in [1.165, 1.54) is 36.4 Å². The Bertz CT molecular complexity index is 905. The lowest BCUT2D eigenvalue weighted by Gasteiger charge is -2.06. The van der Waals surface area contributed by atoms with Gasteiger partial charge < -0.3 is 9.51 Å². The van der Waals surface area contributed by atoms with Gasteiger partial charge in [0.2, 0.25) is 0 Å². The minimum Gasteiger partial charge on any atom is -0.478 e. The van der Waals surface area contributed by atoms with Gasteiger partial charge in [0.1, 0.15) is 5.65 Å². The summed E-state index contributed by atoms with van der Waals surface area (Å²) in [6.45, 7) is 2.65. The van der Waals surface area contributed by atoms with Gasteiger partial charge in [-0.2, -0.15) is 5.10 Å². The predicted molar refractivity (Wildman–Crippen MR) is 89.5 cm³/mol. The average Bonchev–Trinajstić information content (AvgIpc) is 3.15. The van der Waals surface area contributed by atoms with E-state index in [9.17, 15) is 4.79 Å². The molecule has 0 radical (unpaired) electrons. The number of carboxylic acids is 1. The smallest absolute Gasteiger partial charge is 0.338 e. The molecule has 3 aromatic heterocycles. The quantitative estimate of drug-likeness (QED) is 0.756. The van der Waals surface area contributed by atoms with Gasteiger partial charge in [-0.15, -0.1) is 0 Å². The maximum absolute atomic E-state index is 11.0. The van der Waals surface area contributed by atoms with Crippen LogP contribution < -0.4 is 0 Å². The molecule has 0 spiro atoms. The normalized spacial score (nSPS) is 14.4. The second-order valence-electron chi connectivity index (χ2n) is 6.52. The topological polar surface area (TPSA) is 72.4 Å². The Morgan fingerprint density at radius 3 is 2.83 bits per heavy atom. The minimum absolute atomic E-state index is 0.196. The number of hydrogen-bond donors (Lipinski definition) is 1. The third kappa shape index (κ3) is 2.79. The number of carbonyl (C=O) groups is 1. The van der Waals surface area contributed by atoms with E-state index < -0.39 is 5.97 Å². The van der Waals surface area contributed by atoms with E-state index in [1.807, 2.05) is 6.20 Å². The highest BCUT2D eigenvalue weighted by atomic mass is 16.4. The average molecular weight is 324 g/mol. The minimum atomic E-state index is -0.962. The maximum atomic E-state index is 11.0. The van der Waals surface area contributed by atoms with Crippen LogP contribution in [-0.4, -0.2) is 30.2 Å². The Morgan fingerprint density at radius 2 is 2.17 bits per heavy atom. The summed E-state index contributed by atoms with van der Waals surface area (Å²) in [5, 5.41) is 13.1. The lowest BCUT2D eigenvalue weighted by Crippen LogP contribution is -2.00. The van der Waals surface area contributed by atoms with E-state index in [0.717, 1.165) is 24.2 Å². The number of rotatable bonds is 6. The number of aryl methyl sites for hydroxylation is 1. The number of nitrogens with zero attached hydrogens (tertiary/aromatic N) is 4. The molecule has 1 fully saturated rings. The molecule has 4 rings (SSSR count). The van der Waals surface area contributed by atoms with Crippen molar-refractivity contribution in [2.24, 2.45) is 0 Å². The molecule has 6 heteroatoms. The summed E-state index contributed by atoms with van der Waals surface area (Å²) >= 11 is 0. The highest BCUT2D eigenvalue weighted by Crippen LogP contribution is 2.40. The van der Waals surface area contributed by atoms with Crippen molar-refractivity contribution in [1.29, 1.82) is 0 Å². The van der Waals surface area contributed by atoms with Gasteiger partial charge in [-0.05, 0) is 36.3 Å². The van der Waals surface area contributed by atoms with Gasteiger partial charge >= 0.3 is 5.97 Å². The molecule has 1 N–H and O–H groups in total. The van der Waals surface area contributed by atoms with Crippen LogP contribution in [0.1, 0.15) is 59.3 Å². The first kappa shape index (κ1) is 14.9. The van der Waals surface area contributed by atoms with E-state index in [0.29, 0.717) is 12.5 Å². The number of aromatic nitrogens is 4. The molecule has 0 unspecified atom stereocenters. The zero-order valence-electron chi connectivity index (χ0n) is 13.6. The fraction of sp³-hybridized carbons (Fsp3) is 0.389. The number of pyridine rings is 1. The predicted octanol–water partition coefficient (Wildman–Crippen LogP) is 3.11. The maximum Gasteiger partial charge on any atom is 0.338 e.